The van der Waals surface area contributed by atoms with E-state index in [1.165, 1.54) is 6.42 Å². The molecule has 0 spiro atoms. The van der Waals surface area contributed by atoms with E-state index in [1.807, 2.05) is 29.5 Å². The summed E-state index contributed by atoms with van der Waals surface area (Å²) in [4.78, 5) is 20.5. The quantitative estimate of drug-likeness (QED) is 0.731. The summed E-state index contributed by atoms with van der Waals surface area (Å²) in [6.07, 6.45) is 9.76. The van der Waals surface area contributed by atoms with Gasteiger partial charge >= 0.3 is 0 Å². The number of rotatable bonds is 4. The molecule has 1 atom stereocenters. The van der Waals surface area contributed by atoms with Crippen LogP contribution in [-0.2, 0) is 13.6 Å². The third-order valence-corrected chi connectivity index (χ3v) is 5.13. The van der Waals surface area contributed by atoms with E-state index in [-0.39, 0.29) is 0 Å². The van der Waals surface area contributed by atoms with Gasteiger partial charge in [-0.05, 0) is 19.4 Å². The Morgan fingerprint density at radius 3 is 3.04 bits per heavy atom. The summed E-state index contributed by atoms with van der Waals surface area (Å²) in [6.45, 7) is 3.06. The number of likely N-dealkylation sites (tertiary alicyclic amines) is 1. The van der Waals surface area contributed by atoms with E-state index >= 15 is 0 Å². The van der Waals surface area contributed by atoms with E-state index in [0.29, 0.717) is 5.92 Å². The molecule has 0 N–H and O–H groups in total. The molecule has 0 radical (unpaired) electrons. The van der Waals surface area contributed by atoms with Gasteiger partial charge in [-0.3, -0.25) is 9.88 Å². The summed E-state index contributed by atoms with van der Waals surface area (Å²) in [6, 6.07) is 0. The van der Waals surface area contributed by atoms with Crippen molar-refractivity contribution in [3.8, 4) is 11.5 Å². The smallest absolute Gasteiger partial charge is 0.159 e. The number of hydrogen-bond donors (Lipinski definition) is 0. The SMILES string of the molecule is Cn1ccnc1-c1cncc([C@@H]2CCCN(Cc3cscn3)C2)n1. The van der Waals surface area contributed by atoms with Gasteiger partial charge in [0.1, 0.15) is 5.69 Å². The molecule has 1 aliphatic heterocycles. The number of aryl methyl sites for hydroxylation is 1. The summed E-state index contributed by atoms with van der Waals surface area (Å²) in [5.74, 6) is 1.28. The maximum Gasteiger partial charge on any atom is 0.159 e. The van der Waals surface area contributed by atoms with Crippen LogP contribution in [-0.4, -0.2) is 42.5 Å². The Bertz CT molecular complexity index is 797. The second-order valence-electron chi connectivity index (χ2n) is 6.24. The van der Waals surface area contributed by atoms with E-state index < -0.39 is 0 Å². The molecule has 0 amide bonds. The lowest BCUT2D eigenvalue weighted by Crippen LogP contribution is -2.34. The third-order valence-electron chi connectivity index (χ3n) is 4.50. The maximum atomic E-state index is 4.85. The van der Waals surface area contributed by atoms with Gasteiger partial charge in [-0.15, -0.1) is 11.3 Å². The first-order chi connectivity index (χ1) is 11.8. The molecule has 1 saturated heterocycles. The molecule has 3 aromatic rings. The fourth-order valence-electron chi connectivity index (χ4n) is 3.28. The minimum atomic E-state index is 0.421. The molecule has 0 bridgehead atoms. The van der Waals surface area contributed by atoms with Crippen LogP contribution in [0.15, 0.2) is 35.7 Å². The van der Waals surface area contributed by atoms with Crippen molar-refractivity contribution in [2.45, 2.75) is 25.3 Å². The number of imidazole rings is 1. The Morgan fingerprint density at radius 2 is 2.25 bits per heavy atom. The van der Waals surface area contributed by atoms with Crippen LogP contribution in [0.3, 0.4) is 0 Å². The van der Waals surface area contributed by atoms with Crippen molar-refractivity contribution < 1.29 is 0 Å². The monoisotopic (exact) mass is 340 g/mol. The molecular weight excluding hydrogens is 320 g/mol. The molecule has 4 heterocycles. The zero-order valence-corrected chi connectivity index (χ0v) is 14.5. The lowest BCUT2D eigenvalue weighted by Gasteiger charge is -2.31. The molecule has 1 fully saturated rings. The van der Waals surface area contributed by atoms with E-state index in [4.69, 9.17) is 4.98 Å². The van der Waals surface area contributed by atoms with Gasteiger partial charge in [0, 0.05) is 50.0 Å². The Labute approximate surface area is 145 Å². The number of nitrogens with zero attached hydrogens (tertiary/aromatic N) is 6. The molecule has 0 saturated carbocycles. The molecule has 6 nitrogen and oxygen atoms in total. The van der Waals surface area contributed by atoms with Gasteiger partial charge in [0.05, 0.1) is 23.1 Å². The normalized spacial score (nSPS) is 18.8. The van der Waals surface area contributed by atoms with Crippen molar-refractivity contribution in [1.82, 2.24) is 29.4 Å². The number of piperidine rings is 1. The first-order valence-corrected chi connectivity index (χ1v) is 9.13. The number of aromatic nitrogens is 5. The van der Waals surface area contributed by atoms with E-state index in [2.05, 4.69) is 25.2 Å². The van der Waals surface area contributed by atoms with Gasteiger partial charge in [0.15, 0.2) is 5.82 Å². The van der Waals surface area contributed by atoms with Crippen molar-refractivity contribution in [2.24, 2.45) is 7.05 Å². The van der Waals surface area contributed by atoms with Crippen LogP contribution in [0.1, 0.15) is 30.1 Å². The van der Waals surface area contributed by atoms with E-state index in [9.17, 15) is 0 Å². The van der Waals surface area contributed by atoms with Gasteiger partial charge in [0.25, 0.3) is 0 Å². The molecule has 7 heteroatoms. The topological polar surface area (TPSA) is 59.7 Å². The molecular formula is C17H20N6S. The minimum Gasteiger partial charge on any atom is -0.333 e. The summed E-state index contributed by atoms with van der Waals surface area (Å²) >= 11 is 1.66. The predicted molar refractivity (Wildman–Crippen MR) is 93.6 cm³/mol. The lowest BCUT2D eigenvalue weighted by atomic mass is 9.95. The lowest BCUT2D eigenvalue weighted by molar-refractivity contribution is 0.196. The summed E-state index contributed by atoms with van der Waals surface area (Å²) in [5, 5.41) is 2.13. The van der Waals surface area contributed by atoms with Crippen LogP contribution >= 0.6 is 11.3 Å². The Balaban J connectivity index is 1.52. The Kier molecular flexibility index (Phi) is 4.36. The highest BCUT2D eigenvalue weighted by Crippen LogP contribution is 2.27. The van der Waals surface area contributed by atoms with Gasteiger partial charge < -0.3 is 4.57 Å². The number of hydrogen-bond acceptors (Lipinski definition) is 6. The largest absolute Gasteiger partial charge is 0.333 e. The highest BCUT2D eigenvalue weighted by molar-refractivity contribution is 7.07. The molecule has 124 valence electrons. The Hall–Kier alpha value is -2.12. The van der Waals surface area contributed by atoms with Crippen LogP contribution in [0.4, 0.5) is 0 Å². The predicted octanol–water partition coefficient (Wildman–Crippen LogP) is 2.71. The Morgan fingerprint density at radius 1 is 1.29 bits per heavy atom. The second-order valence-corrected chi connectivity index (χ2v) is 6.96. The number of thiazole rings is 1. The van der Waals surface area contributed by atoms with Gasteiger partial charge in [0.2, 0.25) is 0 Å². The maximum absolute atomic E-state index is 4.85. The highest BCUT2D eigenvalue weighted by atomic mass is 32.1. The average molecular weight is 340 g/mol. The van der Waals surface area contributed by atoms with Crippen LogP contribution in [0, 0.1) is 0 Å². The van der Waals surface area contributed by atoms with Crippen LogP contribution in [0.2, 0.25) is 0 Å². The van der Waals surface area contributed by atoms with Crippen molar-refractivity contribution in [2.75, 3.05) is 13.1 Å². The molecule has 1 aliphatic rings. The van der Waals surface area contributed by atoms with Gasteiger partial charge in [-0.2, -0.15) is 0 Å². The molecule has 0 aliphatic carbocycles. The van der Waals surface area contributed by atoms with Crippen molar-refractivity contribution >= 4 is 11.3 Å². The molecule has 0 aromatic carbocycles. The average Bonchev–Trinajstić information content (AvgIpc) is 3.27. The molecule has 0 unspecified atom stereocenters. The van der Waals surface area contributed by atoms with Crippen LogP contribution in [0.5, 0.6) is 0 Å². The third kappa shape index (κ3) is 3.22. The fourth-order valence-corrected chi connectivity index (χ4v) is 3.83. The first-order valence-electron chi connectivity index (χ1n) is 8.18. The first kappa shape index (κ1) is 15.4. The summed E-state index contributed by atoms with van der Waals surface area (Å²) < 4.78 is 1.98. The summed E-state index contributed by atoms with van der Waals surface area (Å²) in [5.41, 5.74) is 4.97. The zero-order chi connectivity index (χ0) is 16.4. The second kappa shape index (κ2) is 6.78. The van der Waals surface area contributed by atoms with E-state index in [1.54, 1.807) is 23.7 Å². The van der Waals surface area contributed by atoms with Gasteiger partial charge in [-0.25, -0.2) is 15.0 Å². The van der Waals surface area contributed by atoms with Crippen LogP contribution < -0.4 is 0 Å². The highest BCUT2D eigenvalue weighted by Gasteiger charge is 2.23. The van der Waals surface area contributed by atoms with Crippen molar-refractivity contribution in [3.05, 3.63) is 47.1 Å². The van der Waals surface area contributed by atoms with Crippen LogP contribution in [0.25, 0.3) is 11.5 Å². The zero-order valence-electron chi connectivity index (χ0n) is 13.7. The van der Waals surface area contributed by atoms with Gasteiger partial charge in [-0.1, -0.05) is 0 Å². The standard InChI is InChI=1S/C17H20N6S/c1-22-6-4-19-17(22)16-8-18-7-15(21-16)13-3-2-5-23(9-13)10-14-11-24-12-20-14/h4,6-8,11-13H,2-3,5,9-10H2,1H3/t13-/m1/s1. The summed E-state index contributed by atoms with van der Waals surface area (Å²) in [7, 11) is 1.98. The fraction of sp³-hybridized carbons (Fsp3) is 0.412. The molecule has 24 heavy (non-hydrogen) atoms. The molecule has 4 rings (SSSR count). The van der Waals surface area contributed by atoms with Crippen molar-refractivity contribution in [3.63, 3.8) is 0 Å². The van der Waals surface area contributed by atoms with Crippen molar-refractivity contribution in [1.29, 1.82) is 0 Å². The van der Waals surface area contributed by atoms with E-state index in [0.717, 1.165) is 49.0 Å². The molecule has 3 aromatic heterocycles. The minimum absolute atomic E-state index is 0.421.